The van der Waals surface area contributed by atoms with Crippen LogP contribution in [0.1, 0.15) is 23.4 Å². The van der Waals surface area contributed by atoms with Crippen molar-refractivity contribution in [3.63, 3.8) is 0 Å². The lowest BCUT2D eigenvalue weighted by molar-refractivity contribution is 0.137. The summed E-state index contributed by atoms with van der Waals surface area (Å²) in [6.45, 7) is 4.09. The zero-order chi connectivity index (χ0) is 23.8. The Kier molecular flexibility index (Phi) is 6.53. The first-order valence-corrected chi connectivity index (χ1v) is 13.2. The van der Waals surface area contributed by atoms with Crippen LogP contribution in [0.4, 0.5) is 4.79 Å². The van der Waals surface area contributed by atoms with Crippen molar-refractivity contribution in [1.29, 1.82) is 0 Å². The number of fused-ring (bicyclic) bond motifs is 1. The summed E-state index contributed by atoms with van der Waals surface area (Å²) in [5.74, 6) is 0.530. The third kappa shape index (κ3) is 5.25. The molecule has 0 bridgehead atoms. The first-order chi connectivity index (χ1) is 15.7. The Labute approximate surface area is 199 Å². The van der Waals surface area contributed by atoms with E-state index in [2.05, 4.69) is 34.8 Å². The van der Waals surface area contributed by atoms with Crippen molar-refractivity contribution in [2.24, 2.45) is 5.92 Å². The van der Waals surface area contributed by atoms with Gasteiger partial charge in [0.25, 0.3) is 0 Å². The van der Waals surface area contributed by atoms with Crippen LogP contribution in [0.3, 0.4) is 0 Å². The maximum absolute atomic E-state index is 13.0. The van der Waals surface area contributed by atoms with Crippen LogP contribution in [-0.2, 0) is 10.0 Å². The minimum Gasteiger partial charge on any atom is -0.450 e. The van der Waals surface area contributed by atoms with Crippen LogP contribution in [0.15, 0.2) is 64.9 Å². The molecule has 1 saturated carbocycles. The van der Waals surface area contributed by atoms with Crippen LogP contribution in [0.2, 0.25) is 0 Å². The van der Waals surface area contributed by atoms with Crippen LogP contribution in [-0.4, -0.2) is 35.8 Å². The fourth-order valence-electron chi connectivity index (χ4n) is 3.88. The number of sulfonamides is 1. The molecule has 33 heavy (non-hydrogen) atoms. The fourth-order valence-corrected chi connectivity index (χ4v) is 7.36. The molecule has 0 radical (unpaired) electrons. The molecule has 0 spiro atoms. The average Bonchev–Trinajstić information content (AvgIpc) is 3.13. The lowest BCUT2D eigenvalue weighted by atomic mass is 10.1. The molecule has 4 aromatic rings. The molecule has 1 aliphatic carbocycles. The van der Waals surface area contributed by atoms with Crippen LogP contribution < -0.4 is 4.72 Å². The van der Waals surface area contributed by atoms with Gasteiger partial charge in [-0.1, -0.05) is 43.3 Å². The quantitative estimate of drug-likeness (QED) is 0.325. The highest BCUT2D eigenvalue weighted by atomic mass is 32.2. The number of nitrogens with zero attached hydrogens (tertiary/aromatic N) is 1. The second-order valence-corrected chi connectivity index (χ2v) is 12.0. The summed E-state index contributed by atoms with van der Waals surface area (Å²) in [6.07, 6.45) is -1.83. The molecular weight excluding hydrogens is 480 g/mol. The monoisotopic (exact) mass is 502 g/mol. The first kappa shape index (κ1) is 23.4. The normalized spacial score (nSPS) is 19.6. The van der Waals surface area contributed by atoms with E-state index in [4.69, 9.17) is 15.0 Å². The molecule has 5 rings (SSSR count). The number of rotatable bonds is 5. The van der Waals surface area contributed by atoms with Crippen molar-refractivity contribution in [3.8, 4) is 10.4 Å². The standard InChI is InChI=1S/C22H20N2O2S3.CH2O3/c1-13-21(15-6-4-3-5-7-15)22(13)24-29(25,26)20-11-10-18(28-20)16-8-9-19-17(12-16)23-14(2)27-19;2-1(3)4/h3-13,21-22,24H,1-2H3;(H2,2,3,4)/t13-,21-,22+;/m1./s1. The highest BCUT2D eigenvalue weighted by Crippen LogP contribution is 2.48. The summed E-state index contributed by atoms with van der Waals surface area (Å²) in [5.41, 5.74) is 3.14. The van der Waals surface area contributed by atoms with Gasteiger partial charge in [-0.15, -0.1) is 22.7 Å². The van der Waals surface area contributed by atoms with Crippen molar-refractivity contribution in [1.82, 2.24) is 9.71 Å². The summed E-state index contributed by atoms with van der Waals surface area (Å²) in [7, 11) is -3.54. The molecule has 7 nitrogen and oxygen atoms in total. The number of aryl methyl sites for hydroxylation is 1. The molecule has 0 saturated heterocycles. The number of benzene rings is 2. The lowest BCUT2D eigenvalue weighted by Crippen LogP contribution is -2.27. The van der Waals surface area contributed by atoms with E-state index in [-0.39, 0.29) is 12.0 Å². The Morgan fingerprint density at radius 3 is 2.42 bits per heavy atom. The number of aromatic nitrogens is 1. The summed E-state index contributed by atoms with van der Waals surface area (Å²) < 4.78 is 30.3. The van der Waals surface area contributed by atoms with Gasteiger partial charge in [-0.3, -0.25) is 0 Å². The van der Waals surface area contributed by atoms with E-state index < -0.39 is 16.2 Å². The molecule has 172 valence electrons. The summed E-state index contributed by atoms with van der Waals surface area (Å²) in [5, 5.41) is 15.0. The third-order valence-electron chi connectivity index (χ3n) is 5.48. The maximum atomic E-state index is 13.0. The minimum atomic E-state index is -3.54. The van der Waals surface area contributed by atoms with Gasteiger partial charge in [-0.2, -0.15) is 0 Å². The molecule has 0 amide bonds. The molecule has 1 fully saturated rings. The van der Waals surface area contributed by atoms with E-state index in [1.165, 1.54) is 16.9 Å². The molecule has 0 aliphatic heterocycles. The molecule has 2 heterocycles. The van der Waals surface area contributed by atoms with Crippen LogP contribution >= 0.6 is 22.7 Å². The second kappa shape index (κ2) is 9.22. The average molecular weight is 503 g/mol. The second-order valence-electron chi connectivity index (χ2n) is 7.76. The number of carbonyl (C=O) groups is 1. The van der Waals surface area contributed by atoms with Gasteiger partial charge in [0.15, 0.2) is 0 Å². The number of hydrogen-bond acceptors (Lipinski definition) is 6. The van der Waals surface area contributed by atoms with Gasteiger partial charge in [0.05, 0.1) is 15.2 Å². The van der Waals surface area contributed by atoms with Gasteiger partial charge in [-0.05, 0) is 48.2 Å². The molecular formula is C23H22N2O5S3. The van der Waals surface area contributed by atoms with Gasteiger partial charge in [0.1, 0.15) is 4.21 Å². The van der Waals surface area contributed by atoms with Gasteiger partial charge in [0.2, 0.25) is 10.0 Å². The van der Waals surface area contributed by atoms with E-state index in [0.29, 0.717) is 10.1 Å². The zero-order valence-corrected chi connectivity index (χ0v) is 20.2. The molecule has 2 aromatic heterocycles. The highest BCUT2D eigenvalue weighted by molar-refractivity contribution is 7.91. The number of thiazole rings is 1. The molecule has 1 aliphatic rings. The number of carboxylic acid groups (broad SMARTS) is 2. The molecule has 2 aromatic carbocycles. The first-order valence-electron chi connectivity index (χ1n) is 10.1. The highest BCUT2D eigenvalue weighted by Gasteiger charge is 2.49. The predicted molar refractivity (Wildman–Crippen MR) is 131 cm³/mol. The Morgan fingerprint density at radius 2 is 1.73 bits per heavy atom. The Balaban J connectivity index is 0.000000601. The van der Waals surface area contributed by atoms with E-state index in [1.807, 2.05) is 43.3 Å². The number of thiophene rings is 1. The Hall–Kier alpha value is -2.79. The molecule has 10 heteroatoms. The molecule has 3 atom stereocenters. The minimum absolute atomic E-state index is 0.0534. The maximum Gasteiger partial charge on any atom is 0.503 e. The Bertz CT molecular complexity index is 1390. The predicted octanol–water partition coefficient (Wildman–Crippen LogP) is 5.64. The SMILES string of the molecule is Cc1nc2cc(-c3ccc(S(=O)(=O)N[C@H]4[C@H](C)[C@@H]4c4ccccc4)s3)ccc2s1.O=C(O)O. The topological polar surface area (TPSA) is 117 Å². The summed E-state index contributed by atoms with van der Waals surface area (Å²) >= 11 is 2.97. The number of nitrogens with one attached hydrogen (secondary N) is 1. The van der Waals surface area contributed by atoms with Gasteiger partial charge in [0, 0.05) is 16.8 Å². The van der Waals surface area contributed by atoms with Crippen molar-refractivity contribution in [2.75, 3.05) is 0 Å². The van der Waals surface area contributed by atoms with E-state index >= 15 is 0 Å². The smallest absolute Gasteiger partial charge is 0.450 e. The van der Waals surface area contributed by atoms with Crippen molar-refractivity contribution >= 4 is 49.1 Å². The van der Waals surface area contributed by atoms with Gasteiger partial charge >= 0.3 is 6.16 Å². The van der Waals surface area contributed by atoms with Crippen LogP contribution in [0, 0.1) is 12.8 Å². The third-order valence-corrected chi connectivity index (χ3v) is 9.52. The van der Waals surface area contributed by atoms with Gasteiger partial charge in [-0.25, -0.2) is 22.9 Å². The largest absolute Gasteiger partial charge is 0.503 e. The zero-order valence-electron chi connectivity index (χ0n) is 17.8. The molecule has 3 N–H and O–H groups in total. The summed E-state index contributed by atoms with van der Waals surface area (Å²) in [4.78, 5) is 14.0. The number of hydrogen-bond donors (Lipinski definition) is 3. The van der Waals surface area contributed by atoms with Crippen LogP contribution in [0.25, 0.3) is 20.7 Å². The molecule has 0 unspecified atom stereocenters. The van der Waals surface area contributed by atoms with Crippen molar-refractivity contribution < 1.29 is 23.4 Å². The van der Waals surface area contributed by atoms with E-state index in [1.54, 1.807) is 17.4 Å². The van der Waals surface area contributed by atoms with Crippen LogP contribution in [0.5, 0.6) is 0 Å². The van der Waals surface area contributed by atoms with Crippen molar-refractivity contribution in [3.05, 3.63) is 71.2 Å². The van der Waals surface area contributed by atoms with Gasteiger partial charge < -0.3 is 10.2 Å². The summed E-state index contributed by atoms with van der Waals surface area (Å²) in [6, 6.07) is 19.7. The van der Waals surface area contributed by atoms with E-state index in [0.717, 1.165) is 25.7 Å². The van der Waals surface area contributed by atoms with E-state index in [9.17, 15) is 8.42 Å². The lowest BCUT2D eigenvalue weighted by Gasteiger charge is -2.04. The van der Waals surface area contributed by atoms with Crippen molar-refractivity contribution in [2.45, 2.75) is 30.0 Å². The fraction of sp³-hybridized carbons (Fsp3) is 0.217. The Morgan fingerprint density at radius 1 is 1.03 bits per heavy atom.